The number of hydrogen-bond acceptors (Lipinski definition) is 6. The molecule has 7 nitrogen and oxygen atoms in total. The van der Waals surface area contributed by atoms with Gasteiger partial charge < -0.3 is 21.9 Å². The lowest BCUT2D eigenvalue weighted by Crippen LogP contribution is -2.47. The third kappa shape index (κ3) is 4.73. The van der Waals surface area contributed by atoms with Crippen molar-refractivity contribution in [2.24, 2.45) is 11.5 Å². The second-order valence-corrected chi connectivity index (χ2v) is 7.33. The second kappa shape index (κ2) is 6.92. The smallest absolute Gasteiger partial charge is 0.321 e. The Hall–Kier alpha value is -1.58. The second-order valence-electron chi connectivity index (χ2n) is 4.78. The average molecular weight is 331 g/mol. The van der Waals surface area contributed by atoms with Gasteiger partial charge in [-0.25, -0.2) is 0 Å². The van der Waals surface area contributed by atoms with Crippen molar-refractivity contribution in [1.29, 1.82) is 0 Å². The van der Waals surface area contributed by atoms with E-state index in [1.165, 1.54) is 17.4 Å². The lowest BCUT2D eigenvalue weighted by atomic mass is 10.1. The van der Waals surface area contributed by atoms with Crippen molar-refractivity contribution >= 4 is 45.9 Å². The summed E-state index contributed by atoms with van der Waals surface area (Å²) < 4.78 is -0.800. The number of primary amides is 1. The molecule has 9 heteroatoms. The summed E-state index contributed by atoms with van der Waals surface area (Å²) in [5.74, 6) is -2.07. The summed E-state index contributed by atoms with van der Waals surface area (Å²) in [5.41, 5.74) is 11.0. The van der Waals surface area contributed by atoms with Gasteiger partial charge in [0.25, 0.3) is 5.91 Å². The van der Waals surface area contributed by atoms with Gasteiger partial charge in [-0.05, 0) is 25.3 Å². The Morgan fingerprint density at radius 3 is 2.62 bits per heavy atom. The van der Waals surface area contributed by atoms with E-state index >= 15 is 0 Å². The first-order valence-electron chi connectivity index (χ1n) is 5.94. The highest BCUT2D eigenvalue weighted by molar-refractivity contribution is 8.01. The lowest BCUT2D eigenvalue weighted by Gasteiger charge is -2.27. The molecule has 0 unspecified atom stereocenters. The molecule has 21 heavy (non-hydrogen) atoms. The van der Waals surface area contributed by atoms with Gasteiger partial charge in [-0.3, -0.25) is 14.4 Å². The summed E-state index contributed by atoms with van der Waals surface area (Å²) in [5, 5.41) is 13.5. The minimum atomic E-state index is -1.12. The highest BCUT2D eigenvalue weighted by Crippen LogP contribution is 2.28. The van der Waals surface area contributed by atoms with Crippen LogP contribution in [0.3, 0.4) is 0 Å². The van der Waals surface area contributed by atoms with Crippen molar-refractivity contribution < 1.29 is 19.5 Å². The van der Waals surface area contributed by atoms with Crippen molar-refractivity contribution in [2.75, 3.05) is 11.1 Å². The van der Waals surface area contributed by atoms with E-state index in [1.807, 2.05) is 0 Å². The zero-order valence-corrected chi connectivity index (χ0v) is 13.2. The van der Waals surface area contributed by atoms with E-state index < -0.39 is 22.7 Å². The Kier molecular flexibility index (Phi) is 5.76. The van der Waals surface area contributed by atoms with Crippen LogP contribution in [0, 0.1) is 0 Å². The minimum Gasteiger partial charge on any atom is -0.480 e. The van der Waals surface area contributed by atoms with Crippen molar-refractivity contribution in [2.45, 2.75) is 24.6 Å². The van der Waals surface area contributed by atoms with Crippen LogP contribution in [0.4, 0.5) is 5.00 Å². The maximum atomic E-state index is 11.9. The van der Waals surface area contributed by atoms with Crippen molar-refractivity contribution in [3.05, 3.63) is 17.0 Å². The molecular formula is C12H17N3O4S2. The Bertz CT molecular complexity index is 556. The molecule has 1 aromatic heterocycles. The summed E-state index contributed by atoms with van der Waals surface area (Å²) in [7, 11) is 0. The number of thioether (sulfide) groups is 1. The Labute approximate surface area is 130 Å². The molecule has 0 fully saturated rings. The predicted octanol–water partition coefficient (Wildman–Crippen LogP) is 0.709. The molecule has 0 aliphatic rings. The zero-order chi connectivity index (χ0) is 16.2. The van der Waals surface area contributed by atoms with Crippen LogP contribution in [0.1, 0.15) is 24.2 Å². The molecule has 0 aliphatic heterocycles. The number of nitrogens with two attached hydrogens (primary N) is 2. The molecule has 0 saturated heterocycles. The largest absolute Gasteiger partial charge is 0.480 e. The monoisotopic (exact) mass is 331 g/mol. The van der Waals surface area contributed by atoms with Crippen LogP contribution in [-0.4, -0.2) is 39.4 Å². The minimum absolute atomic E-state index is 0.0179. The number of carboxylic acids is 1. The zero-order valence-electron chi connectivity index (χ0n) is 11.6. The van der Waals surface area contributed by atoms with Gasteiger partial charge in [0.05, 0.1) is 11.3 Å². The van der Waals surface area contributed by atoms with Crippen LogP contribution >= 0.6 is 23.1 Å². The quantitative estimate of drug-likeness (QED) is 0.581. The third-order valence-corrected chi connectivity index (χ3v) is 5.01. The van der Waals surface area contributed by atoms with E-state index in [2.05, 4.69) is 5.32 Å². The molecule has 0 spiro atoms. The number of rotatable bonds is 7. The average Bonchev–Trinajstić information content (AvgIpc) is 2.83. The Morgan fingerprint density at radius 2 is 2.10 bits per heavy atom. The molecule has 2 amide bonds. The molecule has 0 saturated carbocycles. The molecule has 1 aromatic rings. The predicted molar refractivity (Wildman–Crippen MR) is 83.6 cm³/mol. The summed E-state index contributed by atoms with van der Waals surface area (Å²) in [6.07, 6.45) is 0. The number of thiophene rings is 1. The van der Waals surface area contributed by atoms with Gasteiger partial charge in [-0.1, -0.05) is 0 Å². The Balaban J connectivity index is 2.61. The summed E-state index contributed by atoms with van der Waals surface area (Å²) >= 11 is 2.32. The summed E-state index contributed by atoms with van der Waals surface area (Å²) in [6, 6.07) is 0.443. The molecule has 6 N–H and O–H groups in total. The van der Waals surface area contributed by atoms with E-state index in [-0.39, 0.29) is 17.2 Å². The molecular weight excluding hydrogens is 314 g/mol. The van der Waals surface area contributed by atoms with Gasteiger partial charge >= 0.3 is 5.97 Å². The molecule has 0 aromatic carbocycles. The van der Waals surface area contributed by atoms with Crippen LogP contribution in [0.5, 0.6) is 0 Å². The topological polar surface area (TPSA) is 136 Å². The number of hydrogen-bond donors (Lipinski definition) is 4. The SMILES string of the molecule is CC(C)(SCC(=O)Nc1sccc1C(N)=O)[C@@H](N)C(=O)O. The van der Waals surface area contributed by atoms with Gasteiger partial charge in [0.15, 0.2) is 0 Å². The fourth-order valence-electron chi connectivity index (χ4n) is 1.40. The maximum absolute atomic E-state index is 11.9. The van der Waals surface area contributed by atoms with Gasteiger partial charge in [-0.15, -0.1) is 23.1 Å². The van der Waals surface area contributed by atoms with Gasteiger partial charge in [0, 0.05) is 4.75 Å². The summed E-state index contributed by atoms with van der Waals surface area (Å²) in [6.45, 7) is 3.31. The van der Waals surface area contributed by atoms with Crippen LogP contribution in [-0.2, 0) is 9.59 Å². The first-order chi connectivity index (χ1) is 9.65. The molecule has 0 radical (unpaired) electrons. The molecule has 1 atom stereocenters. The molecule has 0 bridgehead atoms. The van der Waals surface area contributed by atoms with Crippen LogP contribution in [0.15, 0.2) is 11.4 Å². The number of nitrogens with one attached hydrogen (secondary N) is 1. The first kappa shape index (κ1) is 17.5. The number of carbonyl (C=O) groups is 3. The van der Waals surface area contributed by atoms with E-state index in [0.717, 1.165) is 11.8 Å². The number of carbonyl (C=O) groups excluding carboxylic acids is 2. The summed E-state index contributed by atoms with van der Waals surface area (Å²) in [4.78, 5) is 33.9. The molecule has 0 aliphatic carbocycles. The fourth-order valence-corrected chi connectivity index (χ4v) is 3.07. The van der Waals surface area contributed by atoms with E-state index in [9.17, 15) is 14.4 Å². The lowest BCUT2D eigenvalue weighted by molar-refractivity contribution is -0.139. The highest BCUT2D eigenvalue weighted by Gasteiger charge is 2.33. The van der Waals surface area contributed by atoms with Crippen molar-refractivity contribution in [3.63, 3.8) is 0 Å². The van der Waals surface area contributed by atoms with Gasteiger partial charge in [0.2, 0.25) is 5.91 Å². The Morgan fingerprint density at radius 1 is 1.48 bits per heavy atom. The van der Waals surface area contributed by atoms with Crippen molar-refractivity contribution in [3.8, 4) is 0 Å². The number of carboxylic acid groups (broad SMARTS) is 1. The van der Waals surface area contributed by atoms with E-state index in [0.29, 0.717) is 5.00 Å². The standard InChI is InChI=1S/C12H17N3O4S2/c1-12(2,8(13)11(18)19)21-5-7(16)15-10-6(9(14)17)3-4-20-10/h3-4,8H,5,13H2,1-2H3,(H2,14,17)(H,15,16)(H,18,19)/t8-/m0/s1. The number of anilines is 1. The highest BCUT2D eigenvalue weighted by atomic mass is 32.2. The van der Waals surface area contributed by atoms with Crippen LogP contribution in [0.25, 0.3) is 0 Å². The third-order valence-electron chi connectivity index (χ3n) is 2.77. The van der Waals surface area contributed by atoms with Crippen LogP contribution < -0.4 is 16.8 Å². The van der Waals surface area contributed by atoms with Crippen LogP contribution in [0.2, 0.25) is 0 Å². The van der Waals surface area contributed by atoms with Gasteiger partial charge in [-0.2, -0.15) is 0 Å². The number of amides is 2. The van der Waals surface area contributed by atoms with Gasteiger partial charge in [0.1, 0.15) is 11.0 Å². The normalized spacial score (nSPS) is 12.7. The fraction of sp³-hybridized carbons (Fsp3) is 0.417. The number of aliphatic carboxylic acids is 1. The van der Waals surface area contributed by atoms with E-state index in [1.54, 1.807) is 19.2 Å². The molecule has 1 heterocycles. The van der Waals surface area contributed by atoms with Crippen molar-refractivity contribution in [1.82, 2.24) is 0 Å². The molecule has 116 valence electrons. The van der Waals surface area contributed by atoms with E-state index in [4.69, 9.17) is 16.6 Å². The first-order valence-corrected chi connectivity index (χ1v) is 7.81. The maximum Gasteiger partial charge on any atom is 0.321 e. The molecule has 1 rings (SSSR count).